The van der Waals surface area contributed by atoms with Crippen molar-refractivity contribution in [2.45, 2.75) is 39.2 Å². The second-order valence-electron chi connectivity index (χ2n) is 4.83. The molecule has 0 bridgehead atoms. The number of thiocarbonyl (C=S) groups is 1. The summed E-state index contributed by atoms with van der Waals surface area (Å²) in [5, 5.41) is 7.29. The average Bonchev–Trinajstić information content (AvgIpc) is 2.46. The highest BCUT2D eigenvalue weighted by Crippen LogP contribution is 2.36. The van der Waals surface area contributed by atoms with Crippen molar-refractivity contribution < 1.29 is 4.74 Å². The summed E-state index contributed by atoms with van der Waals surface area (Å²) >= 11 is 5.23. The Morgan fingerprint density at radius 3 is 2.80 bits per heavy atom. The van der Waals surface area contributed by atoms with Crippen LogP contribution in [-0.4, -0.2) is 31.4 Å². The summed E-state index contributed by atoms with van der Waals surface area (Å²) in [6, 6.07) is 0.514. The number of hydrogen-bond acceptors (Lipinski definition) is 2. The number of hydrogen-bond donors (Lipinski definition) is 2. The van der Waals surface area contributed by atoms with Crippen molar-refractivity contribution in [3.05, 3.63) is 0 Å². The Balaban J connectivity index is 2.25. The molecule has 88 valence electrons. The molecule has 1 saturated carbocycles. The highest BCUT2D eigenvalue weighted by molar-refractivity contribution is 7.80. The van der Waals surface area contributed by atoms with E-state index in [2.05, 4.69) is 24.5 Å². The van der Waals surface area contributed by atoms with E-state index in [0.717, 1.165) is 11.7 Å². The summed E-state index contributed by atoms with van der Waals surface area (Å²) in [7, 11) is 1.69. The van der Waals surface area contributed by atoms with Crippen molar-refractivity contribution in [2.75, 3.05) is 20.3 Å². The zero-order valence-electron chi connectivity index (χ0n) is 9.93. The minimum absolute atomic E-state index is 0.368. The van der Waals surface area contributed by atoms with Crippen molar-refractivity contribution in [3.8, 4) is 0 Å². The summed E-state index contributed by atoms with van der Waals surface area (Å²) in [5.74, 6) is 0. The van der Waals surface area contributed by atoms with Gasteiger partial charge in [-0.3, -0.25) is 0 Å². The van der Waals surface area contributed by atoms with E-state index in [9.17, 15) is 0 Å². The Morgan fingerprint density at radius 1 is 1.53 bits per heavy atom. The van der Waals surface area contributed by atoms with E-state index < -0.39 is 0 Å². The van der Waals surface area contributed by atoms with Crippen LogP contribution in [0.25, 0.3) is 0 Å². The Labute approximate surface area is 98.0 Å². The molecule has 3 nitrogen and oxygen atoms in total. The summed E-state index contributed by atoms with van der Waals surface area (Å²) in [6.45, 7) is 6.07. The SMILES string of the molecule is COCCNC(=S)NC1CCCC1(C)C. The van der Waals surface area contributed by atoms with Gasteiger partial charge in [-0.2, -0.15) is 0 Å². The standard InChI is InChI=1S/C11H22N2OS/c1-11(2)6-4-5-9(11)13-10(15)12-7-8-14-3/h9H,4-8H2,1-3H3,(H2,12,13,15). The first-order valence-corrected chi connectivity index (χ1v) is 6.00. The number of rotatable bonds is 4. The van der Waals surface area contributed by atoms with Gasteiger partial charge in [0, 0.05) is 19.7 Å². The van der Waals surface area contributed by atoms with Crippen LogP contribution >= 0.6 is 12.2 Å². The normalized spacial score (nSPS) is 23.8. The zero-order chi connectivity index (χ0) is 11.3. The van der Waals surface area contributed by atoms with Crippen LogP contribution in [0.1, 0.15) is 33.1 Å². The van der Waals surface area contributed by atoms with Gasteiger partial charge in [-0.1, -0.05) is 20.3 Å². The van der Waals surface area contributed by atoms with E-state index in [1.807, 2.05) is 0 Å². The predicted octanol–water partition coefficient (Wildman–Crippen LogP) is 1.68. The molecule has 1 atom stereocenters. The van der Waals surface area contributed by atoms with E-state index >= 15 is 0 Å². The van der Waals surface area contributed by atoms with Crippen LogP contribution in [0, 0.1) is 5.41 Å². The predicted molar refractivity (Wildman–Crippen MR) is 67.0 cm³/mol. The molecule has 0 aromatic heterocycles. The van der Waals surface area contributed by atoms with Gasteiger partial charge in [0.05, 0.1) is 6.61 Å². The molecule has 1 fully saturated rings. The molecule has 1 rings (SSSR count). The molecule has 0 radical (unpaired) electrons. The molecule has 0 aromatic rings. The Bertz CT molecular complexity index is 219. The third kappa shape index (κ3) is 3.95. The molecule has 0 heterocycles. The summed E-state index contributed by atoms with van der Waals surface area (Å²) in [5.41, 5.74) is 0.368. The zero-order valence-corrected chi connectivity index (χ0v) is 10.7. The first-order chi connectivity index (χ1) is 7.06. The van der Waals surface area contributed by atoms with Gasteiger partial charge in [0.25, 0.3) is 0 Å². The summed E-state index contributed by atoms with van der Waals surface area (Å²) < 4.78 is 4.95. The fourth-order valence-corrected chi connectivity index (χ4v) is 2.31. The molecule has 4 heteroatoms. The van der Waals surface area contributed by atoms with Gasteiger partial charge in [0.1, 0.15) is 0 Å². The Kier molecular flexibility index (Phi) is 4.80. The van der Waals surface area contributed by atoms with Crippen LogP contribution in [0.4, 0.5) is 0 Å². The van der Waals surface area contributed by atoms with Crippen LogP contribution < -0.4 is 10.6 Å². The number of ether oxygens (including phenoxy) is 1. The van der Waals surface area contributed by atoms with Crippen molar-refractivity contribution in [2.24, 2.45) is 5.41 Å². The molecule has 0 saturated heterocycles. The minimum Gasteiger partial charge on any atom is -0.383 e. The number of nitrogens with one attached hydrogen (secondary N) is 2. The third-order valence-corrected chi connectivity index (χ3v) is 3.42. The molecular formula is C11H22N2OS. The second kappa shape index (κ2) is 5.66. The van der Waals surface area contributed by atoms with Crippen LogP contribution in [0.5, 0.6) is 0 Å². The lowest BCUT2D eigenvalue weighted by Crippen LogP contribution is -2.46. The minimum atomic E-state index is 0.368. The Morgan fingerprint density at radius 2 is 2.27 bits per heavy atom. The van der Waals surface area contributed by atoms with Gasteiger partial charge >= 0.3 is 0 Å². The average molecular weight is 230 g/mol. The van der Waals surface area contributed by atoms with E-state index in [1.165, 1.54) is 19.3 Å². The lowest BCUT2D eigenvalue weighted by atomic mass is 9.87. The summed E-state index contributed by atoms with van der Waals surface area (Å²) in [4.78, 5) is 0. The largest absolute Gasteiger partial charge is 0.383 e. The second-order valence-corrected chi connectivity index (χ2v) is 5.23. The first kappa shape index (κ1) is 12.7. The quantitative estimate of drug-likeness (QED) is 0.569. The molecule has 1 aliphatic carbocycles. The maximum absolute atomic E-state index is 5.23. The van der Waals surface area contributed by atoms with Crippen LogP contribution in [0.2, 0.25) is 0 Å². The molecule has 0 aliphatic heterocycles. The van der Waals surface area contributed by atoms with Crippen molar-refractivity contribution in [1.82, 2.24) is 10.6 Å². The van der Waals surface area contributed by atoms with Crippen molar-refractivity contribution >= 4 is 17.3 Å². The van der Waals surface area contributed by atoms with Gasteiger partial charge in [-0.25, -0.2) is 0 Å². The van der Waals surface area contributed by atoms with Gasteiger partial charge < -0.3 is 15.4 Å². The fourth-order valence-electron chi connectivity index (χ4n) is 2.07. The highest BCUT2D eigenvalue weighted by Gasteiger charge is 2.34. The molecule has 1 aliphatic rings. The lowest BCUT2D eigenvalue weighted by Gasteiger charge is -2.29. The van der Waals surface area contributed by atoms with Gasteiger partial charge in [0.2, 0.25) is 0 Å². The molecule has 0 spiro atoms. The van der Waals surface area contributed by atoms with Crippen LogP contribution in [0.15, 0.2) is 0 Å². The molecular weight excluding hydrogens is 208 g/mol. The van der Waals surface area contributed by atoms with E-state index in [1.54, 1.807) is 7.11 Å². The smallest absolute Gasteiger partial charge is 0.166 e. The summed E-state index contributed by atoms with van der Waals surface area (Å²) in [6.07, 6.45) is 3.80. The first-order valence-electron chi connectivity index (χ1n) is 5.59. The van der Waals surface area contributed by atoms with E-state index in [0.29, 0.717) is 18.1 Å². The van der Waals surface area contributed by atoms with Crippen LogP contribution in [0.3, 0.4) is 0 Å². The van der Waals surface area contributed by atoms with Gasteiger partial charge in [0.15, 0.2) is 5.11 Å². The highest BCUT2D eigenvalue weighted by atomic mass is 32.1. The Hall–Kier alpha value is -0.350. The number of methoxy groups -OCH3 is 1. The maximum Gasteiger partial charge on any atom is 0.166 e. The van der Waals surface area contributed by atoms with E-state index in [4.69, 9.17) is 17.0 Å². The van der Waals surface area contributed by atoms with Gasteiger partial charge in [-0.05, 0) is 30.5 Å². The van der Waals surface area contributed by atoms with Gasteiger partial charge in [-0.15, -0.1) is 0 Å². The van der Waals surface area contributed by atoms with Crippen molar-refractivity contribution in [3.63, 3.8) is 0 Å². The molecule has 0 aromatic carbocycles. The molecule has 1 unspecified atom stereocenters. The van der Waals surface area contributed by atoms with E-state index in [-0.39, 0.29) is 0 Å². The molecule has 0 amide bonds. The monoisotopic (exact) mass is 230 g/mol. The molecule has 2 N–H and O–H groups in total. The lowest BCUT2D eigenvalue weighted by molar-refractivity contribution is 0.203. The third-order valence-electron chi connectivity index (χ3n) is 3.15. The fraction of sp³-hybridized carbons (Fsp3) is 0.909. The topological polar surface area (TPSA) is 33.3 Å². The molecule has 15 heavy (non-hydrogen) atoms. The maximum atomic E-state index is 5.23. The van der Waals surface area contributed by atoms with Crippen LogP contribution in [-0.2, 0) is 4.74 Å². The van der Waals surface area contributed by atoms with Crippen molar-refractivity contribution in [1.29, 1.82) is 0 Å².